The molecule has 0 unspecified atom stereocenters. The first-order valence-electron chi connectivity index (χ1n) is 7.21. The smallest absolute Gasteiger partial charge is 0.139 e. The number of halogens is 2. The van der Waals surface area contributed by atoms with Gasteiger partial charge in [0.2, 0.25) is 0 Å². The molecule has 2 aromatic heterocycles. The minimum absolute atomic E-state index is 0.134. The molecule has 0 saturated heterocycles. The lowest BCUT2D eigenvalue weighted by Crippen LogP contribution is -2.09. The van der Waals surface area contributed by atoms with E-state index in [9.17, 15) is 13.0 Å². The minimum atomic E-state index is -1.48. The summed E-state index contributed by atoms with van der Waals surface area (Å²) in [6.07, 6.45) is 3.66. The van der Waals surface area contributed by atoms with Crippen LogP contribution in [-0.4, -0.2) is 13.6 Å². The van der Waals surface area contributed by atoms with E-state index < -0.39 is 27.7 Å². The molecule has 0 radical (unpaired) electrons. The molecule has 6 heteroatoms. The van der Waals surface area contributed by atoms with Gasteiger partial charge in [-0.1, -0.05) is 12.1 Å². The van der Waals surface area contributed by atoms with E-state index in [-0.39, 0.29) is 11.3 Å². The molecule has 0 aliphatic rings. The summed E-state index contributed by atoms with van der Waals surface area (Å²) in [7, 11) is -1.48. The summed E-state index contributed by atoms with van der Waals surface area (Å²) in [4.78, 5) is 4.46. The van der Waals surface area contributed by atoms with Crippen LogP contribution in [0.15, 0.2) is 42.7 Å². The van der Waals surface area contributed by atoms with Gasteiger partial charge in [-0.05, 0) is 37.6 Å². The highest BCUT2D eigenvalue weighted by atomic mass is 32.2. The van der Waals surface area contributed by atoms with Crippen molar-refractivity contribution in [2.75, 3.05) is 0 Å². The van der Waals surface area contributed by atoms with Gasteiger partial charge in [-0.25, -0.2) is 13.8 Å². The standard InChI is InChI=1S/C17H16F2N2OS/c1-11-5-4-8-21-9-13(20-17(11)21)10-23(22)12(2)16-14(18)6-3-7-15(16)19/h3-9,12H,10H2,1-2H3/t12-,23-/m0/s1. The number of imidazole rings is 1. The number of benzene rings is 1. The van der Waals surface area contributed by atoms with Crippen LogP contribution in [0.25, 0.3) is 5.65 Å². The van der Waals surface area contributed by atoms with E-state index in [4.69, 9.17) is 0 Å². The van der Waals surface area contributed by atoms with Crippen LogP contribution in [0.3, 0.4) is 0 Å². The number of fused-ring (bicyclic) bond motifs is 1. The number of pyridine rings is 1. The Labute approximate surface area is 135 Å². The van der Waals surface area contributed by atoms with Crippen LogP contribution in [0, 0.1) is 18.6 Å². The summed E-state index contributed by atoms with van der Waals surface area (Å²) in [5.41, 5.74) is 2.31. The van der Waals surface area contributed by atoms with E-state index in [0.717, 1.165) is 11.2 Å². The largest absolute Gasteiger partial charge is 0.307 e. The summed E-state index contributed by atoms with van der Waals surface area (Å²) >= 11 is 0. The number of hydrogen-bond acceptors (Lipinski definition) is 2. The molecule has 3 aromatic rings. The van der Waals surface area contributed by atoms with E-state index in [2.05, 4.69) is 4.98 Å². The highest BCUT2D eigenvalue weighted by Gasteiger charge is 2.22. The molecule has 2 heterocycles. The van der Waals surface area contributed by atoms with Gasteiger partial charge in [-0.2, -0.15) is 0 Å². The summed E-state index contributed by atoms with van der Waals surface area (Å²) in [5, 5.41) is -0.748. The minimum Gasteiger partial charge on any atom is -0.307 e. The summed E-state index contributed by atoms with van der Waals surface area (Å²) in [5.74, 6) is -1.19. The van der Waals surface area contributed by atoms with Gasteiger partial charge < -0.3 is 4.40 Å². The van der Waals surface area contributed by atoms with Crippen LogP contribution in [0.1, 0.15) is 29.0 Å². The Bertz CT molecular complexity index is 871. The molecule has 0 saturated carbocycles. The van der Waals surface area contributed by atoms with Gasteiger partial charge in [-0.3, -0.25) is 4.21 Å². The normalized spacial score (nSPS) is 14.1. The maximum atomic E-state index is 13.8. The Balaban J connectivity index is 1.87. The molecule has 2 atom stereocenters. The lowest BCUT2D eigenvalue weighted by Gasteiger charge is -2.12. The van der Waals surface area contributed by atoms with E-state index >= 15 is 0 Å². The van der Waals surface area contributed by atoms with E-state index in [1.807, 2.05) is 29.7 Å². The van der Waals surface area contributed by atoms with Crippen LogP contribution in [0.5, 0.6) is 0 Å². The zero-order valence-electron chi connectivity index (χ0n) is 12.8. The van der Waals surface area contributed by atoms with Gasteiger partial charge >= 0.3 is 0 Å². The fraction of sp³-hybridized carbons (Fsp3) is 0.235. The van der Waals surface area contributed by atoms with Gasteiger partial charge in [0.1, 0.15) is 17.3 Å². The number of aromatic nitrogens is 2. The third-order valence-electron chi connectivity index (χ3n) is 3.82. The Morgan fingerprint density at radius 2 is 1.91 bits per heavy atom. The topological polar surface area (TPSA) is 34.4 Å². The number of rotatable bonds is 4. The molecule has 0 N–H and O–H groups in total. The maximum Gasteiger partial charge on any atom is 0.139 e. The second-order valence-corrected chi connectivity index (χ2v) is 7.21. The molecule has 0 bridgehead atoms. The van der Waals surface area contributed by atoms with Crippen molar-refractivity contribution in [1.29, 1.82) is 0 Å². The van der Waals surface area contributed by atoms with Crippen LogP contribution < -0.4 is 0 Å². The lowest BCUT2D eigenvalue weighted by molar-refractivity contribution is 0.553. The lowest BCUT2D eigenvalue weighted by atomic mass is 10.1. The molecular formula is C17H16F2N2OS. The molecule has 0 amide bonds. The first-order valence-corrected chi connectivity index (χ1v) is 8.60. The zero-order valence-corrected chi connectivity index (χ0v) is 13.6. The Morgan fingerprint density at radius 1 is 1.22 bits per heavy atom. The van der Waals surface area contributed by atoms with E-state index in [1.54, 1.807) is 13.1 Å². The third-order valence-corrected chi connectivity index (χ3v) is 5.42. The molecule has 1 aromatic carbocycles. The van der Waals surface area contributed by atoms with Crippen LogP contribution in [-0.2, 0) is 16.6 Å². The van der Waals surface area contributed by atoms with Crippen molar-refractivity contribution in [2.24, 2.45) is 0 Å². The molecule has 0 aliphatic carbocycles. The van der Waals surface area contributed by atoms with Crippen molar-refractivity contribution in [2.45, 2.75) is 24.9 Å². The second kappa shape index (κ2) is 6.20. The third kappa shape index (κ3) is 3.03. The first kappa shape index (κ1) is 15.8. The molecule has 3 nitrogen and oxygen atoms in total. The van der Waals surface area contributed by atoms with Crippen molar-refractivity contribution in [1.82, 2.24) is 9.38 Å². The highest BCUT2D eigenvalue weighted by Crippen LogP contribution is 2.27. The first-order chi connectivity index (χ1) is 11.0. The van der Waals surface area contributed by atoms with Crippen LogP contribution >= 0.6 is 0 Å². The van der Waals surface area contributed by atoms with Gasteiger partial charge in [-0.15, -0.1) is 0 Å². The Hall–Kier alpha value is -2.08. The highest BCUT2D eigenvalue weighted by molar-refractivity contribution is 7.84. The number of nitrogens with zero attached hydrogens (tertiary/aromatic N) is 2. The van der Waals surface area contributed by atoms with Crippen LogP contribution in [0.4, 0.5) is 8.78 Å². The predicted molar refractivity (Wildman–Crippen MR) is 86.5 cm³/mol. The molecule has 0 spiro atoms. The summed E-state index contributed by atoms with van der Waals surface area (Å²) in [6, 6.07) is 7.51. The summed E-state index contributed by atoms with van der Waals surface area (Å²) < 4.78 is 42.0. The van der Waals surface area contributed by atoms with Crippen molar-refractivity contribution in [3.63, 3.8) is 0 Å². The molecule has 120 valence electrons. The average Bonchev–Trinajstić information content (AvgIpc) is 2.91. The quantitative estimate of drug-likeness (QED) is 0.724. The SMILES string of the molecule is Cc1cccn2cc(C[S@](=O)[C@@H](C)c3c(F)cccc3F)nc12. The van der Waals surface area contributed by atoms with Gasteiger partial charge in [0, 0.05) is 28.8 Å². The molecule has 0 aliphatic heterocycles. The fourth-order valence-corrected chi connectivity index (χ4v) is 3.74. The predicted octanol–water partition coefficient (Wildman–Crippen LogP) is 3.93. The van der Waals surface area contributed by atoms with Gasteiger partial charge in [0.05, 0.1) is 16.7 Å². The Kier molecular flexibility index (Phi) is 4.26. The number of hydrogen-bond donors (Lipinski definition) is 0. The molecule has 3 rings (SSSR count). The van der Waals surface area contributed by atoms with Crippen molar-refractivity contribution >= 4 is 16.4 Å². The van der Waals surface area contributed by atoms with Crippen molar-refractivity contribution < 1.29 is 13.0 Å². The molecule has 0 fully saturated rings. The summed E-state index contributed by atoms with van der Waals surface area (Å²) in [6.45, 7) is 3.51. The average molecular weight is 334 g/mol. The van der Waals surface area contributed by atoms with E-state index in [1.165, 1.54) is 18.2 Å². The van der Waals surface area contributed by atoms with Crippen molar-refractivity contribution in [3.05, 3.63) is 71.2 Å². The monoisotopic (exact) mass is 334 g/mol. The van der Waals surface area contributed by atoms with Crippen molar-refractivity contribution in [3.8, 4) is 0 Å². The fourth-order valence-electron chi connectivity index (χ4n) is 2.58. The van der Waals surface area contributed by atoms with E-state index in [0.29, 0.717) is 5.69 Å². The number of aryl methyl sites for hydroxylation is 1. The van der Waals surface area contributed by atoms with Gasteiger partial charge in [0.15, 0.2) is 0 Å². The second-order valence-electron chi connectivity index (χ2n) is 5.46. The zero-order chi connectivity index (χ0) is 16.6. The Morgan fingerprint density at radius 3 is 2.57 bits per heavy atom. The molecular weight excluding hydrogens is 318 g/mol. The van der Waals surface area contributed by atoms with Crippen LogP contribution in [0.2, 0.25) is 0 Å². The van der Waals surface area contributed by atoms with Gasteiger partial charge in [0.25, 0.3) is 0 Å². The molecule has 23 heavy (non-hydrogen) atoms. The maximum absolute atomic E-state index is 13.8.